The molecule has 0 radical (unpaired) electrons. The van der Waals surface area contributed by atoms with E-state index in [0.717, 1.165) is 44.2 Å². The lowest BCUT2D eigenvalue weighted by atomic mass is 10.1. The van der Waals surface area contributed by atoms with Gasteiger partial charge in [0.25, 0.3) is 5.91 Å². The van der Waals surface area contributed by atoms with E-state index < -0.39 is 0 Å². The summed E-state index contributed by atoms with van der Waals surface area (Å²) in [5.41, 5.74) is 2.69. The fourth-order valence-corrected chi connectivity index (χ4v) is 3.96. The predicted octanol–water partition coefficient (Wildman–Crippen LogP) is 1.51. The van der Waals surface area contributed by atoms with Crippen molar-refractivity contribution in [2.75, 3.05) is 53.9 Å². The lowest BCUT2D eigenvalue weighted by molar-refractivity contribution is 0.0852. The fraction of sp³-hybridized carbons (Fsp3) is 0.435. The highest BCUT2D eigenvalue weighted by Gasteiger charge is 2.29. The molecule has 0 aliphatic carbocycles. The second kappa shape index (κ2) is 9.55. The smallest absolute Gasteiger partial charge is 0.252 e. The first-order chi connectivity index (χ1) is 15.0. The minimum atomic E-state index is -0.0777. The molecule has 1 saturated heterocycles. The van der Waals surface area contributed by atoms with Crippen LogP contribution in [0.4, 0.5) is 0 Å². The SMILES string of the molecule is CN(C)CCNC(=O)c1ccc2nnc(C3CN(Cc4ccccc4)CCN3C)n2c1. The number of carbonyl (C=O) groups is 1. The molecule has 0 bridgehead atoms. The van der Waals surface area contributed by atoms with Crippen LogP contribution in [0.1, 0.15) is 27.8 Å². The normalized spacial score (nSPS) is 18.0. The molecule has 1 unspecified atom stereocenters. The van der Waals surface area contributed by atoms with Crippen molar-refractivity contribution >= 4 is 11.6 Å². The minimum Gasteiger partial charge on any atom is -0.351 e. The molecule has 1 fully saturated rings. The molecule has 1 N–H and O–H groups in total. The third-order valence-electron chi connectivity index (χ3n) is 5.81. The Labute approximate surface area is 183 Å². The van der Waals surface area contributed by atoms with Crippen molar-refractivity contribution in [2.45, 2.75) is 12.6 Å². The molecule has 3 aromatic rings. The lowest BCUT2D eigenvalue weighted by Crippen LogP contribution is -2.46. The van der Waals surface area contributed by atoms with E-state index >= 15 is 0 Å². The molecular formula is C23H31N7O. The van der Waals surface area contributed by atoms with E-state index in [0.29, 0.717) is 12.1 Å². The van der Waals surface area contributed by atoms with E-state index in [1.165, 1.54) is 5.56 Å². The lowest BCUT2D eigenvalue weighted by Gasteiger charge is -2.38. The van der Waals surface area contributed by atoms with Gasteiger partial charge < -0.3 is 10.2 Å². The molecule has 1 aromatic carbocycles. The molecule has 3 heterocycles. The average molecular weight is 422 g/mol. The third kappa shape index (κ3) is 5.10. The number of amides is 1. The summed E-state index contributed by atoms with van der Waals surface area (Å²) < 4.78 is 1.97. The Morgan fingerprint density at radius 1 is 1.13 bits per heavy atom. The first-order valence-corrected chi connectivity index (χ1v) is 10.8. The fourth-order valence-electron chi connectivity index (χ4n) is 3.96. The van der Waals surface area contributed by atoms with Crippen LogP contribution >= 0.6 is 0 Å². The highest BCUT2D eigenvalue weighted by Crippen LogP contribution is 2.24. The van der Waals surface area contributed by atoms with Crippen molar-refractivity contribution in [1.82, 2.24) is 34.6 Å². The Morgan fingerprint density at radius 3 is 2.71 bits per heavy atom. The van der Waals surface area contributed by atoms with Crippen LogP contribution in [-0.4, -0.2) is 89.1 Å². The molecule has 1 atom stereocenters. The molecule has 0 saturated carbocycles. The molecule has 8 nitrogen and oxygen atoms in total. The molecule has 1 amide bonds. The highest BCUT2D eigenvalue weighted by molar-refractivity contribution is 5.94. The number of rotatable bonds is 7. The van der Waals surface area contributed by atoms with Gasteiger partial charge >= 0.3 is 0 Å². The van der Waals surface area contributed by atoms with Crippen LogP contribution in [0.5, 0.6) is 0 Å². The predicted molar refractivity (Wildman–Crippen MR) is 121 cm³/mol. The summed E-state index contributed by atoms with van der Waals surface area (Å²) in [6.45, 7) is 5.16. The van der Waals surface area contributed by atoms with Gasteiger partial charge in [-0.2, -0.15) is 0 Å². The summed E-state index contributed by atoms with van der Waals surface area (Å²) in [4.78, 5) is 19.4. The molecule has 0 spiro atoms. The van der Waals surface area contributed by atoms with Crippen LogP contribution in [0.25, 0.3) is 5.65 Å². The first-order valence-electron chi connectivity index (χ1n) is 10.8. The van der Waals surface area contributed by atoms with Crippen LogP contribution in [-0.2, 0) is 6.54 Å². The van der Waals surface area contributed by atoms with Crippen molar-refractivity contribution < 1.29 is 4.79 Å². The van der Waals surface area contributed by atoms with Gasteiger partial charge in [-0.05, 0) is 38.8 Å². The van der Waals surface area contributed by atoms with Gasteiger partial charge in [-0.3, -0.25) is 19.0 Å². The number of nitrogens with zero attached hydrogens (tertiary/aromatic N) is 6. The summed E-state index contributed by atoms with van der Waals surface area (Å²) in [6, 6.07) is 14.3. The number of pyridine rings is 1. The summed E-state index contributed by atoms with van der Waals surface area (Å²) >= 11 is 0. The van der Waals surface area contributed by atoms with Gasteiger partial charge in [-0.25, -0.2) is 0 Å². The number of hydrogen-bond donors (Lipinski definition) is 1. The molecule has 1 aliphatic heterocycles. The van der Waals surface area contributed by atoms with Crippen LogP contribution < -0.4 is 5.32 Å². The molecule has 31 heavy (non-hydrogen) atoms. The Bertz CT molecular complexity index is 1020. The van der Waals surface area contributed by atoms with Gasteiger partial charge in [0, 0.05) is 45.5 Å². The van der Waals surface area contributed by atoms with Crippen molar-refractivity contribution in [3.8, 4) is 0 Å². The molecule has 164 valence electrons. The van der Waals surface area contributed by atoms with Crippen LogP contribution in [0.2, 0.25) is 0 Å². The monoisotopic (exact) mass is 421 g/mol. The largest absolute Gasteiger partial charge is 0.351 e. The van der Waals surface area contributed by atoms with Crippen molar-refractivity contribution in [3.05, 3.63) is 65.6 Å². The zero-order valence-electron chi connectivity index (χ0n) is 18.5. The van der Waals surface area contributed by atoms with E-state index in [-0.39, 0.29) is 11.9 Å². The van der Waals surface area contributed by atoms with Crippen LogP contribution in [0, 0.1) is 0 Å². The summed E-state index contributed by atoms with van der Waals surface area (Å²) in [7, 11) is 6.11. The highest BCUT2D eigenvalue weighted by atomic mass is 16.1. The second-order valence-electron chi connectivity index (χ2n) is 8.48. The summed E-state index contributed by atoms with van der Waals surface area (Å²) in [6.07, 6.45) is 1.86. The van der Waals surface area contributed by atoms with E-state index in [4.69, 9.17) is 0 Å². The molecular weight excluding hydrogens is 390 g/mol. The number of piperazine rings is 1. The van der Waals surface area contributed by atoms with Gasteiger partial charge in [0.05, 0.1) is 11.6 Å². The van der Waals surface area contributed by atoms with Gasteiger partial charge in [0.15, 0.2) is 11.5 Å². The Balaban J connectivity index is 1.52. The molecule has 4 rings (SSSR count). The molecule has 2 aromatic heterocycles. The zero-order valence-corrected chi connectivity index (χ0v) is 18.5. The zero-order chi connectivity index (χ0) is 21.8. The van der Waals surface area contributed by atoms with E-state index in [1.54, 1.807) is 0 Å². The van der Waals surface area contributed by atoms with Crippen molar-refractivity contribution in [1.29, 1.82) is 0 Å². The number of hydrogen-bond acceptors (Lipinski definition) is 6. The maximum absolute atomic E-state index is 12.6. The standard InChI is InChI=1S/C23H31N7O/c1-27(2)12-11-24-23(31)19-9-10-21-25-26-22(30(21)16-19)20-17-29(14-13-28(20)3)15-18-7-5-4-6-8-18/h4-10,16,20H,11-15,17H2,1-3H3,(H,24,31). The number of carbonyl (C=O) groups excluding carboxylic acids is 1. The van der Waals surface area contributed by atoms with E-state index in [1.807, 2.05) is 47.8 Å². The molecule has 1 aliphatic rings. The number of benzene rings is 1. The molecule has 8 heteroatoms. The van der Waals surface area contributed by atoms with Gasteiger partial charge in [-0.1, -0.05) is 30.3 Å². The van der Waals surface area contributed by atoms with Crippen molar-refractivity contribution in [2.24, 2.45) is 0 Å². The number of fused-ring (bicyclic) bond motifs is 1. The summed E-state index contributed by atoms with van der Waals surface area (Å²) in [5.74, 6) is 0.796. The minimum absolute atomic E-state index is 0.0777. The second-order valence-corrected chi connectivity index (χ2v) is 8.48. The van der Waals surface area contributed by atoms with Gasteiger partial charge in [0.2, 0.25) is 0 Å². The average Bonchev–Trinajstić information content (AvgIpc) is 3.18. The quantitative estimate of drug-likeness (QED) is 0.624. The number of aromatic nitrogens is 3. The number of likely N-dealkylation sites (N-methyl/N-ethyl adjacent to an activating group) is 2. The van der Waals surface area contributed by atoms with Gasteiger partial charge in [-0.15, -0.1) is 10.2 Å². The van der Waals surface area contributed by atoms with E-state index in [2.05, 4.69) is 56.6 Å². The van der Waals surface area contributed by atoms with E-state index in [9.17, 15) is 4.79 Å². The maximum Gasteiger partial charge on any atom is 0.252 e. The third-order valence-corrected chi connectivity index (χ3v) is 5.81. The van der Waals surface area contributed by atoms with Gasteiger partial charge in [0.1, 0.15) is 0 Å². The topological polar surface area (TPSA) is 69.0 Å². The van der Waals surface area contributed by atoms with Crippen LogP contribution in [0.15, 0.2) is 48.7 Å². The van der Waals surface area contributed by atoms with Crippen molar-refractivity contribution in [3.63, 3.8) is 0 Å². The Morgan fingerprint density at radius 2 is 1.94 bits per heavy atom. The Kier molecular flexibility index (Phi) is 6.60. The maximum atomic E-state index is 12.6. The Hall–Kier alpha value is -2.81. The first kappa shape index (κ1) is 21.4. The van der Waals surface area contributed by atoms with Crippen LogP contribution in [0.3, 0.4) is 0 Å². The summed E-state index contributed by atoms with van der Waals surface area (Å²) in [5, 5.41) is 11.8. The number of nitrogens with one attached hydrogen (secondary N) is 1.